The third kappa shape index (κ3) is 1.71. The molecule has 0 heterocycles. The van der Waals surface area contributed by atoms with E-state index in [1.54, 1.807) is 28.3 Å². The van der Waals surface area contributed by atoms with Crippen LogP contribution >= 0.6 is 0 Å². The third-order valence-corrected chi connectivity index (χ3v) is 5.39. The van der Waals surface area contributed by atoms with Crippen LogP contribution in [-0.4, -0.2) is 45.9 Å². The van der Waals surface area contributed by atoms with Gasteiger partial charge in [-0.05, 0) is 25.7 Å². The lowest BCUT2D eigenvalue weighted by atomic mass is 9.50. The standard InChI is InChI=1S/C14H24N2O4/c1-15-10(17)12-5-7-13(8-6-12,11(18)16-2)14(9-12,19-3)20-4/h5-9H2,1-4H3,(H,15,17)(H,16,18). The number of carbonyl (C=O) groups is 2. The Kier molecular flexibility index (Phi) is 3.81. The van der Waals surface area contributed by atoms with Crippen molar-refractivity contribution in [2.45, 2.75) is 37.9 Å². The number of methoxy groups -OCH3 is 2. The van der Waals surface area contributed by atoms with Gasteiger partial charge in [0.05, 0.1) is 5.41 Å². The summed E-state index contributed by atoms with van der Waals surface area (Å²) in [6.45, 7) is 0. The summed E-state index contributed by atoms with van der Waals surface area (Å²) in [7, 11) is 6.37. The van der Waals surface area contributed by atoms with Gasteiger partial charge in [0, 0.05) is 34.7 Å². The van der Waals surface area contributed by atoms with Crippen molar-refractivity contribution in [3.05, 3.63) is 0 Å². The summed E-state index contributed by atoms with van der Waals surface area (Å²) in [5.41, 5.74) is -1.20. The summed E-state index contributed by atoms with van der Waals surface area (Å²) < 4.78 is 11.3. The minimum atomic E-state index is -1.03. The lowest BCUT2D eigenvalue weighted by molar-refractivity contribution is -0.317. The van der Waals surface area contributed by atoms with Gasteiger partial charge in [-0.25, -0.2) is 0 Å². The maximum atomic E-state index is 12.4. The minimum Gasteiger partial charge on any atom is -0.359 e. The number of fused-ring (bicyclic) bond motifs is 3. The summed E-state index contributed by atoms with van der Waals surface area (Å²) in [4.78, 5) is 24.7. The lowest BCUT2D eigenvalue weighted by Gasteiger charge is -2.60. The predicted octanol–water partition coefficient (Wildman–Crippen LogP) is 0.418. The second-order valence-electron chi connectivity index (χ2n) is 5.86. The summed E-state index contributed by atoms with van der Waals surface area (Å²) in [5, 5.41) is 5.47. The van der Waals surface area contributed by atoms with Gasteiger partial charge in [0.15, 0.2) is 5.79 Å². The van der Waals surface area contributed by atoms with Crippen LogP contribution in [-0.2, 0) is 19.1 Å². The molecule has 0 radical (unpaired) electrons. The van der Waals surface area contributed by atoms with Crippen LogP contribution in [0.15, 0.2) is 0 Å². The van der Waals surface area contributed by atoms with Crippen molar-refractivity contribution in [3.63, 3.8) is 0 Å². The predicted molar refractivity (Wildman–Crippen MR) is 72.8 cm³/mol. The largest absolute Gasteiger partial charge is 0.359 e. The van der Waals surface area contributed by atoms with Gasteiger partial charge in [-0.3, -0.25) is 9.59 Å². The molecule has 6 heteroatoms. The molecule has 3 aliphatic rings. The van der Waals surface area contributed by atoms with E-state index in [0.29, 0.717) is 32.1 Å². The topological polar surface area (TPSA) is 76.7 Å². The van der Waals surface area contributed by atoms with Crippen LogP contribution in [0.3, 0.4) is 0 Å². The van der Waals surface area contributed by atoms with Crippen LogP contribution in [0.4, 0.5) is 0 Å². The van der Waals surface area contributed by atoms with Gasteiger partial charge in [0.25, 0.3) is 0 Å². The van der Waals surface area contributed by atoms with E-state index in [1.165, 1.54) is 0 Å². The normalized spacial score (nSPS) is 34.6. The van der Waals surface area contributed by atoms with Crippen LogP contribution in [0.5, 0.6) is 0 Å². The Bertz CT molecular complexity index is 409. The van der Waals surface area contributed by atoms with Crippen molar-refractivity contribution in [1.29, 1.82) is 0 Å². The molecule has 0 aromatic rings. The summed E-state index contributed by atoms with van der Waals surface area (Å²) in [6.07, 6.45) is 2.99. The van der Waals surface area contributed by atoms with Crippen LogP contribution in [0.25, 0.3) is 0 Å². The monoisotopic (exact) mass is 284 g/mol. The second-order valence-corrected chi connectivity index (χ2v) is 5.86. The van der Waals surface area contributed by atoms with Crippen LogP contribution in [0.1, 0.15) is 32.1 Å². The van der Waals surface area contributed by atoms with E-state index < -0.39 is 16.6 Å². The maximum absolute atomic E-state index is 12.4. The zero-order chi connectivity index (χ0) is 15.0. The molecule has 0 spiro atoms. The quantitative estimate of drug-likeness (QED) is 0.734. The fraction of sp³-hybridized carbons (Fsp3) is 0.857. The molecule has 20 heavy (non-hydrogen) atoms. The Labute approximate surface area is 119 Å². The number of hydrogen-bond donors (Lipinski definition) is 2. The molecule has 0 atom stereocenters. The van der Waals surface area contributed by atoms with Crippen molar-refractivity contribution in [2.24, 2.45) is 10.8 Å². The zero-order valence-corrected chi connectivity index (χ0v) is 12.7. The molecule has 114 valence electrons. The van der Waals surface area contributed by atoms with Gasteiger partial charge in [0.1, 0.15) is 5.41 Å². The number of nitrogens with one attached hydrogen (secondary N) is 2. The average Bonchev–Trinajstić information content (AvgIpc) is 2.53. The molecular formula is C14H24N2O4. The molecule has 0 aromatic carbocycles. The molecule has 3 aliphatic carbocycles. The highest BCUT2D eigenvalue weighted by Gasteiger charge is 2.69. The van der Waals surface area contributed by atoms with Gasteiger partial charge in [-0.15, -0.1) is 0 Å². The zero-order valence-electron chi connectivity index (χ0n) is 12.7. The highest BCUT2D eigenvalue weighted by molar-refractivity contribution is 5.88. The first kappa shape index (κ1) is 15.3. The second kappa shape index (κ2) is 5.00. The first-order valence-corrected chi connectivity index (χ1v) is 7.00. The molecule has 0 saturated heterocycles. The molecule has 3 fully saturated rings. The summed E-state index contributed by atoms with van der Waals surface area (Å²) in [5.74, 6) is -1.08. The molecule has 3 saturated carbocycles. The van der Waals surface area contributed by atoms with Crippen LogP contribution in [0, 0.1) is 10.8 Å². The first-order chi connectivity index (χ1) is 9.46. The number of carbonyl (C=O) groups excluding carboxylic acids is 2. The van der Waals surface area contributed by atoms with Crippen molar-refractivity contribution < 1.29 is 19.1 Å². The van der Waals surface area contributed by atoms with Crippen molar-refractivity contribution in [2.75, 3.05) is 28.3 Å². The van der Waals surface area contributed by atoms with E-state index in [9.17, 15) is 9.59 Å². The number of amides is 2. The Morgan fingerprint density at radius 2 is 1.40 bits per heavy atom. The van der Waals surface area contributed by atoms with Gasteiger partial charge in [-0.2, -0.15) is 0 Å². The Morgan fingerprint density at radius 3 is 1.80 bits per heavy atom. The maximum Gasteiger partial charge on any atom is 0.231 e. The fourth-order valence-corrected chi connectivity index (χ4v) is 4.16. The molecule has 2 bridgehead atoms. The molecule has 6 nitrogen and oxygen atoms in total. The highest BCUT2D eigenvalue weighted by Crippen LogP contribution is 2.63. The SMILES string of the molecule is CNC(=O)C12CCC(C(=O)NC)(CC1)C(OC)(OC)C2. The van der Waals surface area contributed by atoms with E-state index >= 15 is 0 Å². The number of rotatable bonds is 4. The van der Waals surface area contributed by atoms with E-state index in [-0.39, 0.29) is 11.8 Å². The van der Waals surface area contributed by atoms with Gasteiger partial charge >= 0.3 is 0 Å². The van der Waals surface area contributed by atoms with Crippen molar-refractivity contribution in [1.82, 2.24) is 10.6 Å². The van der Waals surface area contributed by atoms with Gasteiger partial charge in [0.2, 0.25) is 11.8 Å². The number of hydrogen-bond acceptors (Lipinski definition) is 4. The van der Waals surface area contributed by atoms with Crippen molar-refractivity contribution in [3.8, 4) is 0 Å². The van der Waals surface area contributed by atoms with Gasteiger partial charge in [-0.1, -0.05) is 0 Å². The Morgan fingerprint density at radius 1 is 0.900 bits per heavy atom. The summed E-state index contributed by atoms with van der Waals surface area (Å²) in [6, 6.07) is 0. The van der Waals surface area contributed by atoms with E-state index in [2.05, 4.69) is 10.6 Å². The van der Waals surface area contributed by atoms with E-state index in [1.807, 2.05) is 0 Å². The average molecular weight is 284 g/mol. The Balaban J connectivity index is 2.46. The molecular weight excluding hydrogens is 260 g/mol. The van der Waals surface area contributed by atoms with Gasteiger partial charge < -0.3 is 20.1 Å². The lowest BCUT2D eigenvalue weighted by Crippen LogP contribution is -2.68. The molecule has 2 N–H and O–H groups in total. The smallest absolute Gasteiger partial charge is 0.231 e. The molecule has 0 unspecified atom stereocenters. The highest BCUT2D eigenvalue weighted by atomic mass is 16.7. The first-order valence-electron chi connectivity index (χ1n) is 7.00. The van der Waals surface area contributed by atoms with E-state index in [0.717, 1.165) is 0 Å². The van der Waals surface area contributed by atoms with Crippen molar-refractivity contribution >= 4 is 11.8 Å². The Hall–Kier alpha value is -1.14. The summed E-state index contributed by atoms with van der Waals surface area (Å²) >= 11 is 0. The third-order valence-electron chi connectivity index (χ3n) is 5.39. The fourth-order valence-electron chi connectivity index (χ4n) is 4.16. The molecule has 0 aromatic heterocycles. The molecule has 2 amide bonds. The minimum absolute atomic E-state index is 0.0150. The van der Waals surface area contributed by atoms with Crippen LogP contribution in [0.2, 0.25) is 0 Å². The molecule has 0 aliphatic heterocycles. The van der Waals surface area contributed by atoms with Crippen LogP contribution < -0.4 is 10.6 Å². The molecule has 3 rings (SSSR count). The number of ether oxygens (including phenoxy) is 2. The van der Waals surface area contributed by atoms with E-state index in [4.69, 9.17) is 9.47 Å².